The molecule has 0 aromatic heterocycles. The smallest absolute Gasteiger partial charge is 0.122 e. The standard InChI is InChI=1S/C16H22ClNO/c1-2-6-14-13-15(17)7-8-16(14)19-12-5-11-18-9-3-4-10-18/h2,7-8,13H,1,3-6,9-12H2/p+1. The van der Waals surface area contributed by atoms with E-state index in [-0.39, 0.29) is 0 Å². The lowest BCUT2D eigenvalue weighted by Gasteiger charge is -2.14. The van der Waals surface area contributed by atoms with Gasteiger partial charge in [0.1, 0.15) is 5.75 Å². The summed E-state index contributed by atoms with van der Waals surface area (Å²) in [6, 6.07) is 5.81. The van der Waals surface area contributed by atoms with Crippen LogP contribution in [0.25, 0.3) is 0 Å². The molecule has 0 saturated carbocycles. The van der Waals surface area contributed by atoms with Gasteiger partial charge >= 0.3 is 0 Å². The molecular formula is C16H23ClNO+. The Hall–Kier alpha value is -0.990. The summed E-state index contributed by atoms with van der Waals surface area (Å²) in [6.07, 6.45) is 6.57. The fourth-order valence-electron chi connectivity index (χ4n) is 2.63. The Morgan fingerprint density at radius 3 is 2.84 bits per heavy atom. The van der Waals surface area contributed by atoms with Crippen LogP contribution >= 0.6 is 11.6 Å². The molecule has 1 saturated heterocycles. The first-order valence-corrected chi connectivity index (χ1v) is 7.53. The number of nitrogens with one attached hydrogen (secondary N) is 1. The zero-order valence-corrected chi connectivity index (χ0v) is 12.2. The molecule has 1 aliphatic rings. The van der Waals surface area contributed by atoms with Crippen molar-refractivity contribution >= 4 is 11.6 Å². The average Bonchev–Trinajstić information content (AvgIpc) is 2.90. The first-order chi connectivity index (χ1) is 9.29. The maximum absolute atomic E-state index is 6.01. The number of allylic oxidation sites excluding steroid dienone is 1. The number of hydrogen-bond acceptors (Lipinski definition) is 1. The van der Waals surface area contributed by atoms with Crippen LogP contribution in [0.2, 0.25) is 5.02 Å². The van der Waals surface area contributed by atoms with Gasteiger partial charge in [-0.3, -0.25) is 0 Å². The van der Waals surface area contributed by atoms with Gasteiger partial charge in [0.15, 0.2) is 0 Å². The van der Waals surface area contributed by atoms with Crippen molar-refractivity contribution < 1.29 is 9.64 Å². The Morgan fingerprint density at radius 1 is 1.32 bits per heavy atom. The first-order valence-electron chi connectivity index (χ1n) is 7.15. The molecule has 3 heteroatoms. The summed E-state index contributed by atoms with van der Waals surface area (Å²) < 4.78 is 5.88. The normalized spacial score (nSPS) is 15.6. The van der Waals surface area contributed by atoms with Crippen LogP contribution in [-0.4, -0.2) is 26.2 Å². The highest BCUT2D eigenvalue weighted by Gasteiger charge is 2.14. The summed E-state index contributed by atoms with van der Waals surface area (Å²) in [4.78, 5) is 1.73. The first kappa shape index (κ1) is 14.4. The maximum Gasteiger partial charge on any atom is 0.122 e. The van der Waals surface area contributed by atoms with Crippen molar-refractivity contribution in [1.82, 2.24) is 0 Å². The zero-order chi connectivity index (χ0) is 13.5. The predicted octanol–water partition coefficient (Wildman–Crippen LogP) is 2.52. The van der Waals surface area contributed by atoms with Crippen molar-refractivity contribution in [1.29, 1.82) is 0 Å². The molecule has 1 aromatic rings. The Bertz CT molecular complexity index is 413. The van der Waals surface area contributed by atoms with E-state index in [0.717, 1.165) is 35.8 Å². The molecule has 1 fully saturated rings. The van der Waals surface area contributed by atoms with Crippen LogP contribution in [0.4, 0.5) is 0 Å². The third-order valence-corrected chi connectivity index (χ3v) is 3.86. The van der Waals surface area contributed by atoms with Gasteiger partial charge in [0.2, 0.25) is 0 Å². The molecule has 19 heavy (non-hydrogen) atoms. The van der Waals surface area contributed by atoms with Gasteiger partial charge in [0.05, 0.1) is 26.2 Å². The molecule has 0 radical (unpaired) electrons. The highest BCUT2D eigenvalue weighted by atomic mass is 35.5. The number of ether oxygens (including phenoxy) is 1. The summed E-state index contributed by atoms with van der Waals surface area (Å²) >= 11 is 6.01. The molecule has 104 valence electrons. The molecule has 1 N–H and O–H groups in total. The Kier molecular flexibility index (Phi) is 5.74. The van der Waals surface area contributed by atoms with E-state index in [4.69, 9.17) is 16.3 Å². The van der Waals surface area contributed by atoms with Crippen LogP contribution in [0.15, 0.2) is 30.9 Å². The number of hydrogen-bond donors (Lipinski definition) is 1. The van der Waals surface area contributed by atoms with Gasteiger partial charge < -0.3 is 9.64 Å². The van der Waals surface area contributed by atoms with Crippen molar-refractivity contribution in [2.24, 2.45) is 0 Å². The van der Waals surface area contributed by atoms with E-state index < -0.39 is 0 Å². The van der Waals surface area contributed by atoms with Gasteiger partial charge in [-0.1, -0.05) is 17.7 Å². The minimum absolute atomic E-state index is 0.755. The molecule has 2 rings (SSSR count). The molecule has 2 nitrogen and oxygen atoms in total. The SMILES string of the molecule is C=CCc1cc(Cl)ccc1OCCC[NH+]1CCCC1. The number of quaternary nitrogens is 1. The maximum atomic E-state index is 6.01. The second-order valence-electron chi connectivity index (χ2n) is 5.15. The van der Waals surface area contributed by atoms with Gasteiger partial charge in [0.25, 0.3) is 0 Å². The second kappa shape index (κ2) is 7.56. The summed E-state index contributed by atoms with van der Waals surface area (Å²) in [5, 5.41) is 0.755. The van der Waals surface area contributed by atoms with Gasteiger partial charge in [-0.15, -0.1) is 6.58 Å². The second-order valence-corrected chi connectivity index (χ2v) is 5.59. The molecule has 1 heterocycles. The quantitative estimate of drug-likeness (QED) is 0.599. The summed E-state index contributed by atoms with van der Waals surface area (Å²) in [5.41, 5.74) is 1.12. The average molecular weight is 281 g/mol. The molecule has 0 aliphatic carbocycles. The van der Waals surface area contributed by atoms with Gasteiger partial charge in [-0.05, 0) is 30.2 Å². The highest BCUT2D eigenvalue weighted by molar-refractivity contribution is 6.30. The van der Waals surface area contributed by atoms with Crippen LogP contribution in [0.5, 0.6) is 5.75 Å². The Labute approximate surface area is 121 Å². The number of rotatable bonds is 7. The topological polar surface area (TPSA) is 13.7 Å². The van der Waals surface area contributed by atoms with Crippen molar-refractivity contribution in [3.05, 3.63) is 41.4 Å². The van der Waals surface area contributed by atoms with Crippen molar-refractivity contribution in [3.63, 3.8) is 0 Å². The minimum atomic E-state index is 0.755. The molecule has 0 amide bonds. The summed E-state index contributed by atoms with van der Waals surface area (Å²) in [6.45, 7) is 8.46. The van der Waals surface area contributed by atoms with E-state index in [9.17, 15) is 0 Å². The van der Waals surface area contributed by atoms with E-state index in [1.54, 1.807) is 4.90 Å². The van der Waals surface area contributed by atoms with Crippen molar-refractivity contribution in [2.45, 2.75) is 25.7 Å². The summed E-state index contributed by atoms with van der Waals surface area (Å²) in [7, 11) is 0. The van der Waals surface area contributed by atoms with E-state index in [1.165, 1.54) is 32.5 Å². The van der Waals surface area contributed by atoms with Crippen LogP contribution in [-0.2, 0) is 6.42 Å². The third-order valence-electron chi connectivity index (χ3n) is 3.63. The Morgan fingerprint density at radius 2 is 2.11 bits per heavy atom. The number of halogens is 1. The fraction of sp³-hybridized carbons (Fsp3) is 0.500. The molecule has 0 spiro atoms. The molecule has 1 aromatic carbocycles. The lowest BCUT2D eigenvalue weighted by Crippen LogP contribution is -3.10. The van der Waals surface area contributed by atoms with Gasteiger partial charge in [-0.25, -0.2) is 0 Å². The molecule has 0 unspecified atom stereocenters. The van der Waals surface area contributed by atoms with E-state index >= 15 is 0 Å². The van der Waals surface area contributed by atoms with E-state index in [1.807, 2.05) is 24.3 Å². The fourth-order valence-corrected chi connectivity index (χ4v) is 2.83. The highest BCUT2D eigenvalue weighted by Crippen LogP contribution is 2.23. The number of benzene rings is 1. The molecule has 0 bridgehead atoms. The van der Waals surface area contributed by atoms with E-state index in [2.05, 4.69) is 6.58 Å². The zero-order valence-electron chi connectivity index (χ0n) is 11.5. The lowest BCUT2D eigenvalue weighted by molar-refractivity contribution is -0.887. The number of likely N-dealkylation sites (tertiary alicyclic amines) is 1. The van der Waals surface area contributed by atoms with Crippen LogP contribution < -0.4 is 9.64 Å². The van der Waals surface area contributed by atoms with Crippen LogP contribution in [0.3, 0.4) is 0 Å². The van der Waals surface area contributed by atoms with E-state index in [0.29, 0.717) is 0 Å². The summed E-state index contributed by atoms with van der Waals surface area (Å²) in [5.74, 6) is 0.945. The minimum Gasteiger partial charge on any atom is -0.493 e. The largest absolute Gasteiger partial charge is 0.493 e. The Balaban J connectivity index is 1.79. The van der Waals surface area contributed by atoms with Crippen LogP contribution in [0.1, 0.15) is 24.8 Å². The van der Waals surface area contributed by atoms with Crippen LogP contribution in [0, 0.1) is 0 Å². The van der Waals surface area contributed by atoms with Crippen molar-refractivity contribution in [3.8, 4) is 5.75 Å². The van der Waals surface area contributed by atoms with Gasteiger partial charge in [0, 0.05) is 24.3 Å². The third kappa shape index (κ3) is 4.55. The monoisotopic (exact) mass is 280 g/mol. The molecule has 1 aliphatic heterocycles. The molecular weight excluding hydrogens is 258 g/mol. The van der Waals surface area contributed by atoms with Gasteiger partial charge in [-0.2, -0.15) is 0 Å². The van der Waals surface area contributed by atoms with Crippen molar-refractivity contribution in [2.75, 3.05) is 26.2 Å². The predicted molar refractivity (Wildman–Crippen MR) is 80.3 cm³/mol. The lowest BCUT2D eigenvalue weighted by atomic mass is 10.1. The molecule has 0 atom stereocenters.